The lowest BCUT2D eigenvalue weighted by Crippen LogP contribution is -2.25. The number of hydrogen-bond acceptors (Lipinski definition) is 5. The fourth-order valence-electron chi connectivity index (χ4n) is 1.36. The molecular formula is C12H18N2O4. The summed E-state index contributed by atoms with van der Waals surface area (Å²) in [5.41, 5.74) is 5.31. The van der Waals surface area contributed by atoms with Crippen LogP contribution in [0.4, 0.5) is 0 Å². The SMILES string of the molecule is NCCOCCCNC(=O)c1cc(O)ccc1O. The maximum atomic E-state index is 11.7. The molecule has 0 spiro atoms. The van der Waals surface area contributed by atoms with Gasteiger partial charge in [-0.05, 0) is 24.6 Å². The molecular weight excluding hydrogens is 236 g/mol. The van der Waals surface area contributed by atoms with Crippen LogP contribution in [0.1, 0.15) is 16.8 Å². The van der Waals surface area contributed by atoms with Gasteiger partial charge in [0.2, 0.25) is 0 Å². The number of nitrogens with two attached hydrogens (primary N) is 1. The van der Waals surface area contributed by atoms with Crippen molar-refractivity contribution in [3.05, 3.63) is 23.8 Å². The monoisotopic (exact) mass is 254 g/mol. The van der Waals surface area contributed by atoms with Crippen molar-refractivity contribution in [3.63, 3.8) is 0 Å². The highest BCUT2D eigenvalue weighted by Gasteiger charge is 2.10. The Hall–Kier alpha value is -1.79. The highest BCUT2D eigenvalue weighted by Crippen LogP contribution is 2.21. The highest BCUT2D eigenvalue weighted by molar-refractivity contribution is 5.97. The molecule has 0 unspecified atom stereocenters. The molecule has 0 aliphatic rings. The van der Waals surface area contributed by atoms with Crippen molar-refractivity contribution in [3.8, 4) is 11.5 Å². The minimum Gasteiger partial charge on any atom is -0.508 e. The second-order valence-corrected chi connectivity index (χ2v) is 3.71. The normalized spacial score (nSPS) is 10.3. The van der Waals surface area contributed by atoms with E-state index in [0.29, 0.717) is 32.7 Å². The maximum absolute atomic E-state index is 11.7. The predicted octanol–water partition coefficient (Wildman–Crippen LogP) is 0.193. The molecule has 6 heteroatoms. The molecule has 0 fully saturated rings. The third-order valence-electron chi connectivity index (χ3n) is 2.24. The Morgan fingerprint density at radius 1 is 1.33 bits per heavy atom. The summed E-state index contributed by atoms with van der Waals surface area (Å²) >= 11 is 0. The molecule has 0 aromatic heterocycles. The minimum atomic E-state index is -0.428. The average molecular weight is 254 g/mol. The molecule has 1 aromatic carbocycles. The average Bonchev–Trinajstić information content (AvgIpc) is 2.36. The van der Waals surface area contributed by atoms with Crippen LogP contribution in [0.5, 0.6) is 11.5 Å². The van der Waals surface area contributed by atoms with Crippen molar-refractivity contribution in [1.29, 1.82) is 0 Å². The van der Waals surface area contributed by atoms with Gasteiger partial charge in [0.1, 0.15) is 11.5 Å². The van der Waals surface area contributed by atoms with Gasteiger partial charge >= 0.3 is 0 Å². The Labute approximate surface area is 105 Å². The number of carbonyl (C=O) groups is 1. The zero-order valence-corrected chi connectivity index (χ0v) is 10.1. The Morgan fingerprint density at radius 2 is 2.11 bits per heavy atom. The summed E-state index contributed by atoms with van der Waals surface area (Å²) in [5.74, 6) is -0.656. The summed E-state index contributed by atoms with van der Waals surface area (Å²) in [6.45, 7) is 1.92. The van der Waals surface area contributed by atoms with Crippen LogP contribution in [0, 0.1) is 0 Å². The summed E-state index contributed by atoms with van der Waals surface area (Å²) in [7, 11) is 0. The molecule has 1 amide bonds. The lowest BCUT2D eigenvalue weighted by Gasteiger charge is -2.07. The van der Waals surface area contributed by atoms with E-state index in [-0.39, 0.29) is 17.1 Å². The molecule has 18 heavy (non-hydrogen) atoms. The van der Waals surface area contributed by atoms with Crippen molar-refractivity contribution in [2.45, 2.75) is 6.42 Å². The van der Waals surface area contributed by atoms with E-state index in [1.54, 1.807) is 0 Å². The Bertz CT molecular complexity index is 396. The number of amides is 1. The highest BCUT2D eigenvalue weighted by atomic mass is 16.5. The van der Waals surface area contributed by atoms with Gasteiger partial charge in [0.15, 0.2) is 0 Å². The van der Waals surface area contributed by atoms with Crippen LogP contribution >= 0.6 is 0 Å². The summed E-state index contributed by atoms with van der Waals surface area (Å²) in [6.07, 6.45) is 0.658. The van der Waals surface area contributed by atoms with Crippen LogP contribution < -0.4 is 11.1 Å². The second kappa shape index (κ2) is 7.52. The largest absolute Gasteiger partial charge is 0.508 e. The van der Waals surface area contributed by atoms with E-state index in [2.05, 4.69) is 5.32 Å². The number of nitrogens with one attached hydrogen (secondary N) is 1. The first-order valence-electron chi connectivity index (χ1n) is 5.73. The van der Waals surface area contributed by atoms with Crippen molar-refractivity contribution in [1.82, 2.24) is 5.32 Å². The Balaban J connectivity index is 2.34. The fourth-order valence-corrected chi connectivity index (χ4v) is 1.36. The van der Waals surface area contributed by atoms with Gasteiger partial charge in [-0.1, -0.05) is 0 Å². The molecule has 5 N–H and O–H groups in total. The van der Waals surface area contributed by atoms with Gasteiger partial charge in [-0.25, -0.2) is 0 Å². The molecule has 0 bridgehead atoms. The molecule has 0 aliphatic heterocycles. The minimum absolute atomic E-state index is 0.0536. The number of carbonyl (C=O) groups excluding carboxylic acids is 1. The Morgan fingerprint density at radius 3 is 2.83 bits per heavy atom. The number of phenolic OH excluding ortho intramolecular Hbond substituents is 2. The maximum Gasteiger partial charge on any atom is 0.255 e. The molecule has 1 rings (SSSR count). The molecule has 1 aromatic rings. The molecule has 6 nitrogen and oxygen atoms in total. The van der Waals surface area contributed by atoms with E-state index in [1.165, 1.54) is 18.2 Å². The van der Waals surface area contributed by atoms with Gasteiger partial charge in [-0.2, -0.15) is 0 Å². The number of rotatable bonds is 7. The number of hydrogen-bond donors (Lipinski definition) is 4. The van der Waals surface area contributed by atoms with Crippen LogP contribution in [-0.4, -0.2) is 42.4 Å². The first kappa shape index (κ1) is 14.3. The molecule has 0 radical (unpaired) electrons. The van der Waals surface area contributed by atoms with Gasteiger partial charge in [-0.15, -0.1) is 0 Å². The van der Waals surface area contributed by atoms with Gasteiger partial charge in [0.05, 0.1) is 12.2 Å². The smallest absolute Gasteiger partial charge is 0.255 e. The molecule has 0 atom stereocenters. The summed E-state index contributed by atoms with van der Waals surface area (Å²) < 4.78 is 5.15. The standard InChI is InChI=1S/C12H18N2O4/c13-4-7-18-6-1-5-14-12(17)10-8-9(15)2-3-11(10)16/h2-3,8,15-16H,1,4-7,13H2,(H,14,17). The van der Waals surface area contributed by atoms with Crippen LogP contribution in [0.2, 0.25) is 0 Å². The number of aromatic hydroxyl groups is 2. The molecule has 0 heterocycles. The summed E-state index contributed by atoms with van der Waals surface area (Å²) in [4.78, 5) is 11.7. The zero-order chi connectivity index (χ0) is 13.4. The van der Waals surface area contributed by atoms with Crippen LogP contribution in [-0.2, 0) is 4.74 Å². The van der Waals surface area contributed by atoms with E-state index < -0.39 is 5.91 Å². The quantitative estimate of drug-likeness (QED) is 0.411. The molecule has 0 saturated carbocycles. The van der Waals surface area contributed by atoms with Crippen molar-refractivity contribution in [2.24, 2.45) is 5.73 Å². The molecule has 0 aliphatic carbocycles. The predicted molar refractivity (Wildman–Crippen MR) is 66.6 cm³/mol. The van der Waals surface area contributed by atoms with Crippen molar-refractivity contribution >= 4 is 5.91 Å². The number of phenols is 2. The lowest BCUT2D eigenvalue weighted by molar-refractivity contribution is 0.0940. The van der Waals surface area contributed by atoms with Crippen molar-refractivity contribution < 1.29 is 19.7 Å². The first-order chi connectivity index (χ1) is 8.65. The topological polar surface area (TPSA) is 105 Å². The van der Waals surface area contributed by atoms with Gasteiger partial charge in [0, 0.05) is 19.7 Å². The molecule has 100 valence electrons. The third kappa shape index (κ3) is 4.60. The van der Waals surface area contributed by atoms with Crippen LogP contribution in [0.25, 0.3) is 0 Å². The first-order valence-corrected chi connectivity index (χ1v) is 5.73. The number of ether oxygens (including phenoxy) is 1. The lowest BCUT2D eigenvalue weighted by atomic mass is 10.1. The fraction of sp³-hybridized carbons (Fsp3) is 0.417. The van der Waals surface area contributed by atoms with Gasteiger partial charge in [-0.3, -0.25) is 4.79 Å². The van der Waals surface area contributed by atoms with Crippen LogP contribution in [0.15, 0.2) is 18.2 Å². The van der Waals surface area contributed by atoms with E-state index in [4.69, 9.17) is 10.5 Å². The van der Waals surface area contributed by atoms with Crippen LogP contribution in [0.3, 0.4) is 0 Å². The van der Waals surface area contributed by atoms with E-state index in [0.717, 1.165) is 0 Å². The van der Waals surface area contributed by atoms with E-state index in [9.17, 15) is 15.0 Å². The van der Waals surface area contributed by atoms with Gasteiger partial charge < -0.3 is 26.0 Å². The summed E-state index contributed by atoms with van der Waals surface area (Å²) in [5, 5.41) is 21.3. The van der Waals surface area contributed by atoms with E-state index >= 15 is 0 Å². The Kier molecular flexibility index (Phi) is 5.96. The van der Waals surface area contributed by atoms with Gasteiger partial charge in [0.25, 0.3) is 5.91 Å². The molecule has 0 saturated heterocycles. The third-order valence-corrected chi connectivity index (χ3v) is 2.24. The van der Waals surface area contributed by atoms with E-state index in [1.807, 2.05) is 0 Å². The zero-order valence-electron chi connectivity index (χ0n) is 10.1. The second-order valence-electron chi connectivity index (χ2n) is 3.71. The number of benzene rings is 1. The van der Waals surface area contributed by atoms with Crippen molar-refractivity contribution in [2.75, 3.05) is 26.3 Å². The summed E-state index contributed by atoms with van der Waals surface area (Å²) in [6, 6.07) is 3.80.